The summed E-state index contributed by atoms with van der Waals surface area (Å²) in [4.78, 5) is 18.2. The molecule has 0 unspecified atom stereocenters. The van der Waals surface area contributed by atoms with Gasteiger partial charge in [0.15, 0.2) is 0 Å². The predicted octanol–water partition coefficient (Wildman–Crippen LogP) is 2.10. The Kier molecular flexibility index (Phi) is 4.60. The molecule has 0 spiro atoms. The van der Waals surface area contributed by atoms with Crippen LogP contribution in [0.15, 0.2) is 18.5 Å². The number of aromatic nitrogens is 1. The molecule has 2 rings (SSSR count). The molecule has 1 aliphatic rings. The first-order chi connectivity index (χ1) is 9.52. The Morgan fingerprint density at radius 2 is 2.35 bits per heavy atom. The van der Waals surface area contributed by atoms with Gasteiger partial charge in [-0.1, -0.05) is 13.0 Å². The zero-order chi connectivity index (χ0) is 14.6. The molecule has 1 aliphatic heterocycles. The van der Waals surface area contributed by atoms with Gasteiger partial charge in [0.1, 0.15) is 0 Å². The fourth-order valence-corrected chi connectivity index (χ4v) is 2.32. The van der Waals surface area contributed by atoms with E-state index in [1.165, 1.54) is 0 Å². The number of hydrogen-bond donors (Lipinski definition) is 1. The third-order valence-corrected chi connectivity index (χ3v) is 3.75. The summed E-state index contributed by atoms with van der Waals surface area (Å²) in [5.41, 5.74) is 1.90. The molecule has 1 aromatic heterocycles. The largest absolute Gasteiger partial charge is 0.372 e. The van der Waals surface area contributed by atoms with Crippen LogP contribution in [0.25, 0.3) is 0 Å². The second-order valence-electron chi connectivity index (χ2n) is 5.60. The summed E-state index contributed by atoms with van der Waals surface area (Å²) in [7, 11) is 0. The Balaban J connectivity index is 1.88. The molecule has 5 heteroatoms. The summed E-state index contributed by atoms with van der Waals surface area (Å²) >= 11 is 0. The van der Waals surface area contributed by atoms with Crippen LogP contribution in [0.2, 0.25) is 0 Å². The van der Waals surface area contributed by atoms with Crippen LogP contribution in [0, 0.1) is 6.92 Å². The Bertz CT molecular complexity index is 478. The molecule has 1 aromatic rings. The molecule has 1 fully saturated rings. The standard InChI is InChI=1S/C15H23N3O2/c1-4-15(3)11-18(5-6-20-15)14(19)17-10-13-7-12(2)8-16-9-13/h7-9H,4-6,10-11H2,1-3H3,(H,17,19)/t15-/m0/s1. The molecule has 1 atom stereocenters. The third kappa shape index (κ3) is 3.70. The molecule has 5 nitrogen and oxygen atoms in total. The Morgan fingerprint density at radius 3 is 3.05 bits per heavy atom. The maximum absolute atomic E-state index is 12.2. The van der Waals surface area contributed by atoms with E-state index in [0.717, 1.165) is 17.5 Å². The highest BCUT2D eigenvalue weighted by atomic mass is 16.5. The second-order valence-corrected chi connectivity index (χ2v) is 5.60. The van der Waals surface area contributed by atoms with Crippen molar-refractivity contribution >= 4 is 6.03 Å². The number of aryl methyl sites for hydroxylation is 1. The normalized spacial score (nSPS) is 22.6. The summed E-state index contributed by atoms with van der Waals surface area (Å²) in [5, 5.41) is 2.95. The lowest BCUT2D eigenvalue weighted by atomic mass is 10.0. The molecule has 0 aromatic carbocycles. The van der Waals surface area contributed by atoms with Crippen LogP contribution in [0.5, 0.6) is 0 Å². The van der Waals surface area contributed by atoms with E-state index in [4.69, 9.17) is 4.74 Å². The average Bonchev–Trinajstić information content (AvgIpc) is 2.45. The van der Waals surface area contributed by atoms with E-state index in [0.29, 0.717) is 26.2 Å². The molecule has 20 heavy (non-hydrogen) atoms. The topological polar surface area (TPSA) is 54.5 Å². The van der Waals surface area contributed by atoms with Crippen LogP contribution in [0.3, 0.4) is 0 Å². The fourth-order valence-electron chi connectivity index (χ4n) is 2.32. The first-order valence-corrected chi connectivity index (χ1v) is 7.10. The number of hydrogen-bond acceptors (Lipinski definition) is 3. The molecule has 2 amide bonds. The van der Waals surface area contributed by atoms with Gasteiger partial charge < -0.3 is 15.0 Å². The number of pyridine rings is 1. The first-order valence-electron chi connectivity index (χ1n) is 7.10. The van der Waals surface area contributed by atoms with Gasteiger partial charge in [-0.2, -0.15) is 0 Å². The second kappa shape index (κ2) is 6.22. The molecule has 0 aliphatic carbocycles. The van der Waals surface area contributed by atoms with Gasteiger partial charge in [-0.15, -0.1) is 0 Å². The molecule has 1 N–H and O–H groups in total. The van der Waals surface area contributed by atoms with Crippen molar-refractivity contribution in [3.63, 3.8) is 0 Å². The monoisotopic (exact) mass is 277 g/mol. The van der Waals surface area contributed by atoms with Crippen LogP contribution in [-0.4, -0.2) is 41.2 Å². The van der Waals surface area contributed by atoms with E-state index in [-0.39, 0.29) is 11.6 Å². The lowest BCUT2D eigenvalue weighted by Gasteiger charge is -2.39. The van der Waals surface area contributed by atoms with Crippen molar-refractivity contribution < 1.29 is 9.53 Å². The number of amides is 2. The number of carbonyl (C=O) groups excluding carboxylic acids is 1. The van der Waals surface area contributed by atoms with Gasteiger partial charge in [0.05, 0.1) is 18.8 Å². The van der Waals surface area contributed by atoms with Crippen LogP contribution < -0.4 is 5.32 Å². The van der Waals surface area contributed by atoms with Crippen molar-refractivity contribution in [2.75, 3.05) is 19.7 Å². The quantitative estimate of drug-likeness (QED) is 0.920. The van der Waals surface area contributed by atoms with Crippen LogP contribution >= 0.6 is 0 Å². The molecule has 0 radical (unpaired) electrons. The van der Waals surface area contributed by atoms with Gasteiger partial charge in [-0.05, 0) is 31.4 Å². The molecule has 0 bridgehead atoms. The van der Waals surface area contributed by atoms with Crippen molar-refractivity contribution in [2.24, 2.45) is 0 Å². The van der Waals surface area contributed by atoms with Gasteiger partial charge in [0, 0.05) is 25.5 Å². The SMILES string of the molecule is CC[C@@]1(C)CN(C(=O)NCc2cncc(C)c2)CCO1. The molecule has 1 saturated heterocycles. The number of urea groups is 1. The van der Waals surface area contributed by atoms with Gasteiger partial charge in [-0.25, -0.2) is 4.79 Å². The van der Waals surface area contributed by atoms with E-state index >= 15 is 0 Å². The highest BCUT2D eigenvalue weighted by molar-refractivity contribution is 5.74. The van der Waals surface area contributed by atoms with Crippen molar-refractivity contribution in [2.45, 2.75) is 39.3 Å². The minimum atomic E-state index is -0.222. The minimum Gasteiger partial charge on any atom is -0.372 e. The number of morpholine rings is 1. The van der Waals surface area contributed by atoms with Crippen LogP contribution in [0.1, 0.15) is 31.4 Å². The summed E-state index contributed by atoms with van der Waals surface area (Å²) in [6.07, 6.45) is 4.49. The maximum atomic E-state index is 12.2. The minimum absolute atomic E-state index is 0.0329. The average molecular weight is 277 g/mol. The van der Waals surface area contributed by atoms with Gasteiger partial charge >= 0.3 is 6.03 Å². The number of rotatable bonds is 3. The van der Waals surface area contributed by atoms with Gasteiger partial charge in [-0.3, -0.25) is 4.98 Å². The van der Waals surface area contributed by atoms with Crippen LogP contribution in [-0.2, 0) is 11.3 Å². The lowest BCUT2D eigenvalue weighted by Crippen LogP contribution is -2.54. The Morgan fingerprint density at radius 1 is 1.55 bits per heavy atom. The summed E-state index contributed by atoms with van der Waals surface area (Å²) < 4.78 is 5.74. The third-order valence-electron chi connectivity index (χ3n) is 3.75. The first kappa shape index (κ1) is 14.8. The molecular weight excluding hydrogens is 254 g/mol. The van der Waals surface area contributed by atoms with E-state index in [1.54, 1.807) is 12.4 Å². The zero-order valence-electron chi connectivity index (χ0n) is 12.5. The molecule has 0 saturated carbocycles. The van der Waals surface area contributed by atoms with E-state index in [9.17, 15) is 4.79 Å². The summed E-state index contributed by atoms with van der Waals surface area (Å²) in [5.74, 6) is 0. The predicted molar refractivity (Wildman–Crippen MR) is 77.4 cm³/mol. The number of nitrogens with zero attached hydrogens (tertiary/aromatic N) is 2. The van der Waals surface area contributed by atoms with Gasteiger partial charge in [0.25, 0.3) is 0 Å². The number of carbonyl (C=O) groups is 1. The fraction of sp³-hybridized carbons (Fsp3) is 0.600. The van der Waals surface area contributed by atoms with Crippen LogP contribution in [0.4, 0.5) is 4.79 Å². The molecule has 110 valence electrons. The smallest absolute Gasteiger partial charge is 0.317 e. The molecule has 2 heterocycles. The van der Waals surface area contributed by atoms with Crippen molar-refractivity contribution in [1.29, 1.82) is 0 Å². The molecular formula is C15H23N3O2. The van der Waals surface area contributed by atoms with Crippen molar-refractivity contribution in [1.82, 2.24) is 15.2 Å². The maximum Gasteiger partial charge on any atom is 0.317 e. The van der Waals surface area contributed by atoms with Crippen molar-refractivity contribution in [3.8, 4) is 0 Å². The van der Waals surface area contributed by atoms with Crippen molar-refractivity contribution in [3.05, 3.63) is 29.6 Å². The number of nitrogens with one attached hydrogen (secondary N) is 1. The van der Waals surface area contributed by atoms with Gasteiger partial charge in [0.2, 0.25) is 0 Å². The lowest BCUT2D eigenvalue weighted by molar-refractivity contribution is -0.0872. The van der Waals surface area contributed by atoms with E-state index in [1.807, 2.05) is 17.9 Å². The summed E-state index contributed by atoms with van der Waals surface area (Å²) in [6, 6.07) is 2.00. The Hall–Kier alpha value is -1.62. The van der Waals surface area contributed by atoms with E-state index < -0.39 is 0 Å². The zero-order valence-corrected chi connectivity index (χ0v) is 12.5. The highest BCUT2D eigenvalue weighted by Crippen LogP contribution is 2.20. The van der Waals surface area contributed by atoms with E-state index in [2.05, 4.69) is 24.1 Å². The Labute approximate surface area is 120 Å². The number of ether oxygens (including phenoxy) is 1. The highest BCUT2D eigenvalue weighted by Gasteiger charge is 2.32. The summed E-state index contributed by atoms with van der Waals surface area (Å²) in [6.45, 7) is 8.52.